The molecule has 4 aromatic rings. The first-order valence-electron chi connectivity index (χ1n) is 9.60. The standard InChI is InChI=1S/C25H16ClN3O/c26-22-15-28-29(25(30)23(22)21(14-27)16-8-2-1-3-9-16)24-19-12-6-4-10-17(19)18-11-5-7-13-20(18)24/h1-13,15,21,24H. The fourth-order valence-corrected chi connectivity index (χ4v) is 4.48. The third kappa shape index (κ3) is 2.75. The van der Waals surface area contributed by atoms with Crippen molar-refractivity contribution >= 4 is 11.6 Å². The molecule has 0 radical (unpaired) electrons. The summed E-state index contributed by atoms with van der Waals surface area (Å²) in [6.45, 7) is 0. The van der Waals surface area contributed by atoms with Crippen LogP contribution in [0.5, 0.6) is 0 Å². The fraction of sp³-hybridized carbons (Fsp3) is 0.0800. The van der Waals surface area contributed by atoms with Crippen molar-refractivity contribution < 1.29 is 0 Å². The van der Waals surface area contributed by atoms with E-state index in [-0.39, 0.29) is 22.2 Å². The summed E-state index contributed by atoms with van der Waals surface area (Å²) < 4.78 is 1.46. The van der Waals surface area contributed by atoms with Gasteiger partial charge in [-0.25, -0.2) is 4.68 Å². The summed E-state index contributed by atoms with van der Waals surface area (Å²) in [5.41, 5.74) is 4.82. The number of hydrogen-bond acceptors (Lipinski definition) is 3. The molecule has 1 aromatic heterocycles. The molecule has 0 saturated carbocycles. The molecule has 5 heteroatoms. The lowest BCUT2D eigenvalue weighted by Crippen LogP contribution is -2.31. The first kappa shape index (κ1) is 18.4. The first-order valence-corrected chi connectivity index (χ1v) is 9.98. The second kappa shape index (κ2) is 7.29. The van der Waals surface area contributed by atoms with Crippen molar-refractivity contribution in [3.05, 3.63) is 123 Å². The summed E-state index contributed by atoms with van der Waals surface area (Å²) in [6, 6.07) is 27.1. The molecule has 1 aliphatic carbocycles. The minimum Gasteiger partial charge on any atom is -0.267 e. The van der Waals surface area contributed by atoms with Crippen LogP contribution in [0, 0.1) is 11.3 Å². The molecule has 5 rings (SSSR count). The van der Waals surface area contributed by atoms with E-state index in [2.05, 4.69) is 23.3 Å². The molecule has 0 bridgehead atoms. The van der Waals surface area contributed by atoms with Crippen LogP contribution in [0.4, 0.5) is 0 Å². The van der Waals surface area contributed by atoms with Gasteiger partial charge < -0.3 is 0 Å². The van der Waals surface area contributed by atoms with Crippen LogP contribution in [0.25, 0.3) is 11.1 Å². The van der Waals surface area contributed by atoms with Gasteiger partial charge in [0.25, 0.3) is 5.56 Å². The highest BCUT2D eigenvalue weighted by Gasteiger charge is 2.32. The SMILES string of the molecule is N#CC(c1ccccc1)c1c(Cl)cnn(C2c3ccccc3-c3ccccc32)c1=O. The molecule has 0 aliphatic heterocycles. The number of halogens is 1. The predicted octanol–water partition coefficient (Wildman–Crippen LogP) is 5.17. The minimum atomic E-state index is -0.771. The zero-order chi connectivity index (χ0) is 20.7. The summed E-state index contributed by atoms with van der Waals surface area (Å²) in [6.07, 6.45) is 1.47. The van der Waals surface area contributed by atoms with E-state index in [0.29, 0.717) is 0 Å². The lowest BCUT2D eigenvalue weighted by molar-refractivity contribution is 0.561. The highest BCUT2D eigenvalue weighted by Crippen LogP contribution is 2.44. The Hall–Kier alpha value is -3.68. The van der Waals surface area contributed by atoms with Gasteiger partial charge in [-0.05, 0) is 27.8 Å². The third-order valence-corrected chi connectivity index (χ3v) is 5.89. The molecule has 0 spiro atoms. The third-order valence-electron chi connectivity index (χ3n) is 5.59. The number of nitrogens with zero attached hydrogens (tertiary/aromatic N) is 3. The van der Waals surface area contributed by atoms with E-state index in [1.165, 1.54) is 10.9 Å². The number of rotatable bonds is 3. The topological polar surface area (TPSA) is 58.7 Å². The normalized spacial score (nSPS) is 13.3. The van der Waals surface area contributed by atoms with E-state index in [1.807, 2.05) is 66.7 Å². The Kier molecular flexibility index (Phi) is 4.46. The molecule has 0 amide bonds. The second-order valence-corrected chi connectivity index (χ2v) is 7.61. The number of aromatic nitrogens is 2. The highest BCUT2D eigenvalue weighted by atomic mass is 35.5. The molecule has 0 saturated heterocycles. The Morgan fingerprint density at radius 1 is 0.900 bits per heavy atom. The molecule has 3 aromatic carbocycles. The Labute approximate surface area is 178 Å². The van der Waals surface area contributed by atoms with Crippen LogP contribution in [-0.4, -0.2) is 9.78 Å². The van der Waals surface area contributed by atoms with Crippen LogP contribution >= 0.6 is 11.6 Å². The van der Waals surface area contributed by atoms with Gasteiger partial charge in [-0.1, -0.05) is 90.5 Å². The molecule has 1 heterocycles. The maximum Gasteiger partial charge on any atom is 0.274 e. The number of hydrogen-bond donors (Lipinski definition) is 0. The molecule has 30 heavy (non-hydrogen) atoms. The molecular weight excluding hydrogens is 394 g/mol. The minimum absolute atomic E-state index is 0.200. The Bertz CT molecular complexity index is 1310. The van der Waals surface area contributed by atoms with Crippen molar-refractivity contribution in [1.82, 2.24) is 9.78 Å². The number of benzene rings is 3. The van der Waals surface area contributed by atoms with Gasteiger partial charge in [-0.15, -0.1) is 0 Å². The fourth-order valence-electron chi connectivity index (χ4n) is 4.25. The van der Waals surface area contributed by atoms with Gasteiger partial charge in [0.15, 0.2) is 0 Å². The van der Waals surface area contributed by atoms with Crippen LogP contribution in [0.15, 0.2) is 89.9 Å². The molecule has 0 N–H and O–H groups in total. The Balaban J connectivity index is 1.74. The van der Waals surface area contributed by atoms with Crippen molar-refractivity contribution in [2.24, 2.45) is 0 Å². The molecule has 4 nitrogen and oxygen atoms in total. The van der Waals surface area contributed by atoms with Gasteiger partial charge in [0.2, 0.25) is 0 Å². The van der Waals surface area contributed by atoms with Gasteiger partial charge in [0.1, 0.15) is 12.0 Å². The number of fused-ring (bicyclic) bond motifs is 3. The zero-order valence-corrected chi connectivity index (χ0v) is 16.6. The quantitative estimate of drug-likeness (QED) is 0.413. The highest BCUT2D eigenvalue weighted by molar-refractivity contribution is 6.31. The summed E-state index contributed by atoms with van der Waals surface area (Å²) >= 11 is 6.41. The molecule has 1 atom stereocenters. The van der Waals surface area contributed by atoms with E-state index < -0.39 is 5.92 Å². The number of nitriles is 1. The average molecular weight is 410 g/mol. The Morgan fingerprint density at radius 3 is 2.07 bits per heavy atom. The Morgan fingerprint density at radius 2 is 1.47 bits per heavy atom. The van der Waals surface area contributed by atoms with Crippen molar-refractivity contribution in [3.63, 3.8) is 0 Å². The van der Waals surface area contributed by atoms with Crippen LogP contribution in [0.2, 0.25) is 5.02 Å². The molecular formula is C25H16ClN3O. The summed E-state index contributed by atoms with van der Waals surface area (Å²) in [5, 5.41) is 14.5. The van der Waals surface area contributed by atoms with Gasteiger partial charge in [0, 0.05) is 0 Å². The molecule has 1 aliphatic rings. The zero-order valence-electron chi connectivity index (χ0n) is 15.9. The van der Waals surface area contributed by atoms with E-state index in [9.17, 15) is 10.1 Å². The molecule has 1 unspecified atom stereocenters. The lowest BCUT2D eigenvalue weighted by atomic mass is 9.93. The second-order valence-electron chi connectivity index (χ2n) is 7.21. The van der Waals surface area contributed by atoms with Gasteiger partial charge in [-0.3, -0.25) is 4.79 Å². The van der Waals surface area contributed by atoms with Crippen LogP contribution < -0.4 is 5.56 Å². The van der Waals surface area contributed by atoms with Crippen molar-refractivity contribution in [3.8, 4) is 17.2 Å². The monoisotopic (exact) mass is 409 g/mol. The van der Waals surface area contributed by atoms with E-state index in [1.54, 1.807) is 0 Å². The summed E-state index contributed by atoms with van der Waals surface area (Å²) in [7, 11) is 0. The maximum atomic E-state index is 13.6. The van der Waals surface area contributed by atoms with Gasteiger partial charge >= 0.3 is 0 Å². The molecule has 144 valence electrons. The van der Waals surface area contributed by atoms with Gasteiger partial charge in [-0.2, -0.15) is 10.4 Å². The van der Waals surface area contributed by atoms with E-state index in [4.69, 9.17) is 11.6 Å². The molecule has 0 fully saturated rings. The average Bonchev–Trinajstić information content (AvgIpc) is 3.12. The van der Waals surface area contributed by atoms with Crippen LogP contribution in [-0.2, 0) is 0 Å². The van der Waals surface area contributed by atoms with Crippen LogP contribution in [0.3, 0.4) is 0 Å². The van der Waals surface area contributed by atoms with Crippen molar-refractivity contribution in [2.45, 2.75) is 12.0 Å². The summed E-state index contributed by atoms with van der Waals surface area (Å²) in [4.78, 5) is 13.6. The smallest absolute Gasteiger partial charge is 0.267 e. The van der Waals surface area contributed by atoms with E-state index in [0.717, 1.165) is 27.8 Å². The lowest BCUT2D eigenvalue weighted by Gasteiger charge is -2.19. The largest absolute Gasteiger partial charge is 0.274 e. The first-order chi connectivity index (χ1) is 14.7. The van der Waals surface area contributed by atoms with Gasteiger partial charge in [0.05, 0.1) is 22.9 Å². The maximum absolute atomic E-state index is 13.6. The van der Waals surface area contributed by atoms with Crippen molar-refractivity contribution in [2.75, 3.05) is 0 Å². The van der Waals surface area contributed by atoms with E-state index >= 15 is 0 Å². The van der Waals surface area contributed by atoms with Crippen LogP contribution in [0.1, 0.15) is 34.2 Å². The predicted molar refractivity (Wildman–Crippen MR) is 117 cm³/mol. The van der Waals surface area contributed by atoms with Crippen molar-refractivity contribution in [1.29, 1.82) is 5.26 Å². The summed E-state index contributed by atoms with van der Waals surface area (Å²) in [5.74, 6) is -0.771.